The van der Waals surface area contributed by atoms with E-state index < -0.39 is 36.5 Å². The van der Waals surface area contributed by atoms with Crippen LogP contribution < -0.4 is 4.74 Å². The van der Waals surface area contributed by atoms with Gasteiger partial charge >= 0.3 is 5.97 Å². The summed E-state index contributed by atoms with van der Waals surface area (Å²) in [5, 5.41) is 36.6. The second-order valence-corrected chi connectivity index (χ2v) is 9.25. The third kappa shape index (κ3) is 6.31. The highest BCUT2D eigenvalue weighted by molar-refractivity contribution is 6.31. The van der Waals surface area contributed by atoms with Crippen molar-refractivity contribution in [3.63, 3.8) is 0 Å². The van der Waals surface area contributed by atoms with E-state index in [0.717, 1.165) is 16.9 Å². The molecule has 2 heterocycles. The predicted molar refractivity (Wildman–Crippen MR) is 136 cm³/mol. The minimum Gasteiger partial charge on any atom is -0.494 e. The van der Waals surface area contributed by atoms with Crippen LogP contribution in [0.2, 0.25) is 5.02 Å². The molecule has 4 rings (SSSR count). The first kappa shape index (κ1) is 27.1. The molecule has 37 heavy (non-hydrogen) atoms. The van der Waals surface area contributed by atoms with Crippen LogP contribution in [0.25, 0.3) is 0 Å². The fourth-order valence-electron chi connectivity index (χ4n) is 4.34. The molecule has 1 saturated heterocycles. The zero-order valence-electron chi connectivity index (χ0n) is 20.7. The van der Waals surface area contributed by atoms with Crippen LogP contribution in [0.1, 0.15) is 47.0 Å². The van der Waals surface area contributed by atoms with E-state index in [0.29, 0.717) is 23.6 Å². The highest BCUT2D eigenvalue weighted by Gasteiger charge is 2.44. The molecule has 0 bridgehead atoms. The molecule has 3 aromatic rings. The summed E-state index contributed by atoms with van der Waals surface area (Å²) in [6.07, 6.45) is -2.60. The Bertz CT molecular complexity index is 1200. The zero-order valence-corrected chi connectivity index (χ0v) is 21.4. The van der Waals surface area contributed by atoms with Crippen molar-refractivity contribution in [2.24, 2.45) is 0 Å². The third-order valence-electron chi connectivity index (χ3n) is 6.25. The van der Waals surface area contributed by atoms with Gasteiger partial charge in [0.25, 0.3) is 0 Å². The normalized spacial score (nSPS) is 23.6. The van der Waals surface area contributed by atoms with Gasteiger partial charge in [-0.3, -0.25) is 4.68 Å². The summed E-state index contributed by atoms with van der Waals surface area (Å²) in [4.78, 5) is 11.9. The monoisotopic (exact) mass is 530 g/mol. The maximum atomic E-state index is 11.9. The van der Waals surface area contributed by atoms with E-state index in [9.17, 15) is 20.1 Å². The van der Waals surface area contributed by atoms with E-state index in [1.165, 1.54) is 17.1 Å². The number of carbonyl (C=O) groups is 1. The quantitative estimate of drug-likeness (QED) is 0.361. The highest BCUT2D eigenvalue weighted by atomic mass is 35.5. The molecule has 0 aliphatic carbocycles. The van der Waals surface area contributed by atoms with Gasteiger partial charge in [0.15, 0.2) is 0 Å². The van der Waals surface area contributed by atoms with E-state index in [1.807, 2.05) is 37.3 Å². The Labute approximate surface area is 220 Å². The molecule has 0 unspecified atom stereocenters. The topological polar surface area (TPSA) is 123 Å². The summed E-state index contributed by atoms with van der Waals surface area (Å²) in [7, 11) is 0. The number of esters is 1. The van der Waals surface area contributed by atoms with Gasteiger partial charge in [-0.1, -0.05) is 35.9 Å². The van der Waals surface area contributed by atoms with Gasteiger partial charge < -0.3 is 29.5 Å². The Morgan fingerprint density at radius 3 is 2.51 bits per heavy atom. The molecule has 2 aromatic carbocycles. The molecule has 1 fully saturated rings. The van der Waals surface area contributed by atoms with E-state index in [2.05, 4.69) is 5.10 Å². The second kappa shape index (κ2) is 12.1. The number of hydrogen-bond acceptors (Lipinski definition) is 8. The first-order valence-electron chi connectivity index (χ1n) is 12.2. The average molecular weight is 531 g/mol. The molecular formula is C27H31ClN2O7. The van der Waals surface area contributed by atoms with Crippen LogP contribution in [0, 0.1) is 0 Å². The van der Waals surface area contributed by atoms with Crippen LogP contribution >= 0.6 is 11.6 Å². The fourth-order valence-corrected chi connectivity index (χ4v) is 4.53. The maximum Gasteiger partial charge on any atom is 0.341 e. The second-order valence-electron chi connectivity index (χ2n) is 8.84. The smallest absolute Gasteiger partial charge is 0.341 e. The molecule has 0 saturated carbocycles. The summed E-state index contributed by atoms with van der Waals surface area (Å²) in [5.41, 5.74) is 2.72. The van der Waals surface area contributed by atoms with E-state index >= 15 is 0 Å². The predicted octanol–water partition coefficient (Wildman–Crippen LogP) is 2.93. The molecule has 0 amide bonds. The number of hydrogen-bond donors (Lipinski definition) is 3. The van der Waals surface area contributed by atoms with Crippen LogP contribution in [0.3, 0.4) is 0 Å². The third-order valence-corrected chi connectivity index (χ3v) is 6.62. The molecular weight excluding hydrogens is 500 g/mol. The molecule has 198 valence electrons. The number of nitrogens with zero attached hydrogens (tertiary/aromatic N) is 2. The number of halogens is 1. The number of ether oxygens (including phenoxy) is 3. The van der Waals surface area contributed by atoms with E-state index in [-0.39, 0.29) is 18.7 Å². The van der Waals surface area contributed by atoms with Crippen molar-refractivity contribution < 1.29 is 34.3 Å². The molecule has 1 aliphatic heterocycles. The molecule has 1 aliphatic rings. The number of aromatic nitrogens is 2. The van der Waals surface area contributed by atoms with Crippen molar-refractivity contribution in [2.45, 2.75) is 57.3 Å². The molecule has 10 heteroatoms. The molecule has 0 spiro atoms. The first-order valence-corrected chi connectivity index (χ1v) is 12.6. The Kier molecular flexibility index (Phi) is 8.83. The van der Waals surface area contributed by atoms with E-state index in [4.69, 9.17) is 25.8 Å². The first-order chi connectivity index (χ1) is 17.8. The van der Waals surface area contributed by atoms with Crippen molar-refractivity contribution in [1.82, 2.24) is 9.78 Å². The number of aliphatic hydroxyl groups excluding tert-OH is 3. The Morgan fingerprint density at radius 2 is 1.81 bits per heavy atom. The molecule has 9 nitrogen and oxygen atoms in total. The lowest BCUT2D eigenvalue weighted by molar-refractivity contribution is -0.228. The van der Waals surface area contributed by atoms with Crippen LogP contribution in [0.15, 0.2) is 54.9 Å². The average Bonchev–Trinajstić information content (AvgIpc) is 3.36. The lowest BCUT2D eigenvalue weighted by atomic mass is 9.90. The fraction of sp³-hybridized carbons (Fsp3) is 0.407. The summed E-state index contributed by atoms with van der Waals surface area (Å²) in [6, 6.07) is 13.0. The van der Waals surface area contributed by atoms with E-state index in [1.54, 1.807) is 19.1 Å². The van der Waals surface area contributed by atoms with Gasteiger partial charge in [-0.25, -0.2) is 4.79 Å². The zero-order chi connectivity index (χ0) is 26.5. The number of aliphatic hydroxyl groups is 3. The molecule has 1 aromatic heterocycles. The van der Waals surface area contributed by atoms with Crippen molar-refractivity contribution >= 4 is 17.6 Å². The van der Waals surface area contributed by atoms with Gasteiger partial charge in [-0.05, 0) is 55.2 Å². The van der Waals surface area contributed by atoms with Crippen LogP contribution in [-0.4, -0.2) is 68.7 Å². The number of rotatable bonds is 9. The SMILES string of the molecule is CCOC(=O)c1cnn(C[C@H]2O[C@@H](c3ccc(Cl)c(Cc4ccc(OCC)cc4)c3)[C@H](O)[C@@H](O)[C@@H]2O)c1. The largest absolute Gasteiger partial charge is 0.494 e. The summed E-state index contributed by atoms with van der Waals surface area (Å²) in [6.45, 7) is 4.51. The number of benzene rings is 2. The lowest BCUT2D eigenvalue weighted by Crippen LogP contribution is -2.55. The van der Waals surface area contributed by atoms with Gasteiger partial charge in [0.1, 0.15) is 36.3 Å². The van der Waals surface area contributed by atoms with Crippen LogP contribution in [-0.2, 0) is 22.4 Å². The minimum absolute atomic E-state index is 0.0491. The molecule has 0 radical (unpaired) electrons. The highest BCUT2D eigenvalue weighted by Crippen LogP contribution is 2.35. The van der Waals surface area contributed by atoms with Gasteiger partial charge in [0.05, 0.1) is 31.5 Å². The van der Waals surface area contributed by atoms with Crippen LogP contribution in [0.4, 0.5) is 0 Å². The Balaban J connectivity index is 1.52. The maximum absolute atomic E-state index is 11.9. The van der Waals surface area contributed by atoms with Crippen LogP contribution in [0.5, 0.6) is 5.75 Å². The molecule has 5 atom stereocenters. The van der Waals surface area contributed by atoms with Gasteiger partial charge in [-0.15, -0.1) is 0 Å². The lowest BCUT2D eigenvalue weighted by Gasteiger charge is -2.41. The van der Waals surface area contributed by atoms with Gasteiger partial charge in [0.2, 0.25) is 0 Å². The van der Waals surface area contributed by atoms with Crippen molar-refractivity contribution in [3.8, 4) is 5.75 Å². The number of carbonyl (C=O) groups excluding carboxylic acids is 1. The standard InChI is InChI=1S/C27H31ClN2O7/c1-3-35-20-8-5-16(6-9-20)11-18-12-17(7-10-21(18)28)26-25(33)24(32)23(31)22(37-26)15-30-14-19(13-29-30)27(34)36-4-2/h5-10,12-14,22-26,31-33H,3-4,11,15H2,1-2H3/t22-,23-,24+,25-,26+/m1/s1. The molecule has 3 N–H and O–H groups in total. The van der Waals surface area contributed by atoms with Gasteiger partial charge in [0, 0.05) is 11.2 Å². The van der Waals surface area contributed by atoms with Gasteiger partial charge in [-0.2, -0.15) is 5.10 Å². The Morgan fingerprint density at radius 1 is 1.05 bits per heavy atom. The summed E-state index contributed by atoms with van der Waals surface area (Å²) < 4.78 is 18.0. The summed E-state index contributed by atoms with van der Waals surface area (Å²) in [5.74, 6) is 0.281. The Hall–Kier alpha value is -2.95. The van der Waals surface area contributed by atoms with Crippen molar-refractivity contribution in [3.05, 3.63) is 82.1 Å². The minimum atomic E-state index is -1.45. The van der Waals surface area contributed by atoms with Crippen molar-refractivity contribution in [1.29, 1.82) is 0 Å². The van der Waals surface area contributed by atoms with Crippen molar-refractivity contribution in [2.75, 3.05) is 13.2 Å². The summed E-state index contributed by atoms with van der Waals surface area (Å²) >= 11 is 6.47.